The zero-order valence-corrected chi connectivity index (χ0v) is 16.6. The number of carbonyl (C=O) groups excluding carboxylic acids is 2. The maximum absolute atomic E-state index is 12.8. The highest BCUT2D eigenvalue weighted by Gasteiger charge is 2.21. The van der Waals surface area contributed by atoms with E-state index in [0.29, 0.717) is 37.6 Å². The standard InChI is InChI=1S/C22H27N5O2/c28-17-25-12-14-27(15-13-25)22(29)18-8-9-23-21(16-18)24-19-4-6-20(7-5-19)26-10-2-1-3-11-26/h4-9,16-17H,1-3,10-15H2,(H,23,24). The van der Waals surface area contributed by atoms with Crippen molar-refractivity contribution in [2.75, 3.05) is 49.5 Å². The summed E-state index contributed by atoms with van der Waals surface area (Å²) in [7, 11) is 0. The van der Waals surface area contributed by atoms with Crippen LogP contribution in [0, 0.1) is 0 Å². The second kappa shape index (κ2) is 8.94. The fourth-order valence-corrected chi connectivity index (χ4v) is 3.90. The van der Waals surface area contributed by atoms with Crippen LogP contribution in [-0.2, 0) is 4.79 Å². The van der Waals surface area contributed by atoms with Crippen molar-refractivity contribution in [3.8, 4) is 0 Å². The lowest BCUT2D eigenvalue weighted by atomic mass is 10.1. The van der Waals surface area contributed by atoms with Crippen LogP contribution in [0.15, 0.2) is 42.6 Å². The lowest BCUT2D eigenvalue weighted by Crippen LogP contribution is -2.48. The van der Waals surface area contributed by atoms with Gasteiger partial charge in [0.15, 0.2) is 0 Å². The number of aromatic nitrogens is 1. The summed E-state index contributed by atoms with van der Waals surface area (Å²) in [6.07, 6.45) is 6.33. The molecule has 29 heavy (non-hydrogen) atoms. The summed E-state index contributed by atoms with van der Waals surface area (Å²) in [5.74, 6) is 0.620. The zero-order valence-electron chi connectivity index (χ0n) is 16.6. The molecule has 0 atom stereocenters. The summed E-state index contributed by atoms with van der Waals surface area (Å²) in [5.41, 5.74) is 2.80. The molecule has 0 spiro atoms. The molecule has 2 aromatic rings. The third kappa shape index (κ3) is 4.67. The average molecular weight is 393 g/mol. The summed E-state index contributed by atoms with van der Waals surface area (Å²) in [6, 6.07) is 11.9. The van der Waals surface area contributed by atoms with Gasteiger partial charge in [0.05, 0.1) is 0 Å². The van der Waals surface area contributed by atoms with E-state index in [1.165, 1.54) is 24.9 Å². The summed E-state index contributed by atoms with van der Waals surface area (Å²) < 4.78 is 0. The minimum absolute atomic E-state index is 0.0264. The maximum Gasteiger partial charge on any atom is 0.254 e. The first-order valence-corrected chi connectivity index (χ1v) is 10.3. The number of carbonyl (C=O) groups is 2. The van der Waals surface area contributed by atoms with Crippen molar-refractivity contribution in [2.45, 2.75) is 19.3 Å². The van der Waals surface area contributed by atoms with Crippen LogP contribution in [0.25, 0.3) is 0 Å². The molecule has 3 heterocycles. The van der Waals surface area contributed by atoms with Gasteiger partial charge in [-0.3, -0.25) is 9.59 Å². The van der Waals surface area contributed by atoms with Crippen LogP contribution in [0.3, 0.4) is 0 Å². The quantitative estimate of drug-likeness (QED) is 0.791. The topological polar surface area (TPSA) is 68.8 Å². The van der Waals surface area contributed by atoms with Crippen molar-refractivity contribution < 1.29 is 9.59 Å². The molecule has 2 amide bonds. The third-order valence-electron chi connectivity index (χ3n) is 5.62. The van der Waals surface area contributed by atoms with Crippen LogP contribution in [0.4, 0.5) is 17.2 Å². The molecular formula is C22H27N5O2. The van der Waals surface area contributed by atoms with E-state index in [2.05, 4.69) is 39.5 Å². The van der Waals surface area contributed by atoms with Crippen molar-refractivity contribution in [3.63, 3.8) is 0 Å². The summed E-state index contributed by atoms with van der Waals surface area (Å²) in [5, 5.41) is 3.29. The molecule has 2 aliphatic rings. The maximum atomic E-state index is 12.8. The van der Waals surface area contributed by atoms with Gasteiger partial charge in [0.1, 0.15) is 5.82 Å². The Labute approximate surface area is 171 Å². The molecule has 0 unspecified atom stereocenters. The molecule has 7 nitrogen and oxygen atoms in total. The summed E-state index contributed by atoms with van der Waals surface area (Å²) in [6.45, 7) is 4.52. The molecule has 1 aromatic heterocycles. The molecule has 1 aromatic carbocycles. The van der Waals surface area contributed by atoms with Gasteiger partial charge in [-0.2, -0.15) is 0 Å². The Morgan fingerprint density at radius 1 is 0.931 bits per heavy atom. The van der Waals surface area contributed by atoms with Crippen molar-refractivity contribution in [2.24, 2.45) is 0 Å². The number of hydrogen-bond acceptors (Lipinski definition) is 5. The Bertz CT molecular complexity index is 841. The lowest BCUT2D eigenvalue weighted by Gasteiger charge is -2.32. The molecule has 4 rings (SSSR count). The second-order valence-electron chi connectivity index (χ2n) is 7.58. The molecule has 0 radical (unpaired) electrons. The fourth-order valence-electron chi connectivity index (χ4n) is 3.90. The first-order chi connectivity index (χ1) is 14.2. The second-order valence-corrected chi connectivity index (χ2v) is 7.58. The number of anilines is 3. The Hall–Kier alpha value is -3.09. The Morgan fingerprint density at radius 2 is 1.66 bits per heavy atom. The first-order valence-electron chi connectivity index (χ1n) is 10.3. The number of nitrogens with one attached hydrogen (secondary N) is 1. The van der Waals surface area contributed by atoms with E-state index < -0.39 is 0 Å². The molecule has 2 aliphatic heterocycles. The Morgan fingerprint density at radius 3 is 2.34 bits per heavy atom. The fraction of sp³-hybridized carbons (Fsp3) is 0.409. The highest BCUT2D eigenvalue weighted by molar-refractivity contribution is 5.95. The predicted molar refractivity (Wildman–Crippen MR) is 114 cm³/mol. The third-order valence-corrected chi connectivity index (χ3v) is 5.62. The molecule has 2 fully saturated rings. The smallest absolute Gasteiger partial charge is 0.254 e. The number of nitrogens with zero attached hydrogens (tertiary/aromatic N) is 4. The predicted octanol–water partition coefficient (Wildman–Crippen LogP) is 2.73. The van der Waals surface area contributed by atoms with Crippen molar-refractivity contribution >= 4 is 29.5 Å². The molecule has 0 bridgehead atoms. The number of pyridine rings is 1. The lowest BCUT2D eigenvalue weighted by molar-refractivity contribution is -0.119. The van der Waals surface area contributed by atoms with Gasteiger partial charge in [-0.1, -0.05) is 0 Å². The SMILES string of the molecule is O=CN1CCN(C(=O)c2ccnc(Nc3ccc(N4CCCCC4)cc3)c2)CC1. The molecule has 1 N–H and O–H groups in total. The van der Waals surface area contributed by atoms with Crippen LogP contribution >= 0.6 is 0 Å². The monoisotopic (exact) mass is 393 g/mol. The van der Waals surface area contributed by atoms with Gasteiger partial charge < -0.3 is 20.0 Å². The van der Waals surface area contributed by atoms with Gasteiger partial charge in [0.2, 0.25) is 6.41 Å². The van der Waals surface area contributed by atoms with E-state index in [4.69, 9.17) is 0 Å². The normalized spacial score (nSPS) is 17.2. The number of piperidine rings is 1. The van der Waals surface area contributed by atoms with Gasteiger partial charge in [-0.25, -0.2) is 4.98 Å². The van der Waals surface area contributed by atoms with Crippen molar-refractivity contribution in [3.05, 3.63) is 48.2 Å². The minimum Gasteiger partial charge on any atom is -0.372 e. The van der Waals surface area contributed by atoms with E-state index in [1.54, 1.807) is 28.1 Å². The van der Waals surface area contributed by atoms with E-state index in [9.17, 15) is 9.59 Å². The molecule has 152 valence electrons. The molecule has 2 saturated heterocycles. The van der Waals surface area contributed by atoms with Crippen LogP contribution in [0.1, 0.15) is 29.6 Å². The molecule has 0 saturated carbocycles. The van der Waals surface area contributed by atoms with Crippen LogP contribution in [0.5, 0.6) is 0 Å². The van der Waals surface area contributed by atoms with Gasteiger partial charge in [-0.05, 0) is 55.7 Å². The van der Waals surface area contributed by atoms with Gasteiger partial charge in [0, 0.05) is 62.4 Å². The molecular weight excluding hydrogens is 366 g/mol. The number of hydrogen-bond donors (Lipinski definition) is 1. The average Bonchev–Trinajstić information content (AvgIpc) is 2.80. The van der Waals surface area contributed by atoms with Crippen molar-refractivity contribution in [1.29, 1.82) is 0 Å². The number of rotatable bonds is 5. The van der Waals surface area contributed by atoms with Crippen LogP contribution in [-0.4, -0.2) is 66.4 Å². The van der Waals surface area contributed by atoms with Crippen molar-refractivity contribution in [1.82, 2.24) is 14.8 Å². The summed E-state index contributed by atoms with van der Waals surface area (Å²) in [4.78, 5) is 33.9. The van der Waals surface area contributed by atoms with Gasteiger partial charge in [0.25, 0.3) is 5.91 Å². The Kier molecular flexibility index (Phi) is 5.93. The number of amides is 2. The van der Waals surface area contributed by atoms with Gasteiger partial charge in [-0.15, -0.1) is 0 Å². The summed E-state index contributed by atoms with van der Waals surface area (Å²) >= 11 is 0. The van der Waals surface area contributed by atoms with Crippen LogP contribution < -0.4 is 10.2 Å². The van der Waals surface area contributed by atoms with Crippen LogP contribution in [0.2, 0.25) is 0 Å². The van der Waals surface area contributed by atoms with E-state index in [0.717, 1.165) is 25.2 Å². The van der Waals surface area contributed by atoms with E-state index in [1.807, 2.05) is 0 Å². The van der Waals surface area contributed by atoms with E-state index >= 15 is 0 Å². The molecule has 0 aliphatic carbocycles. The van der Waals surface area contributed by atoms with E-state index in [-0.39, 0.29) is 5.91 Å². The highest BCUT2D eigenvalue weighted by atomic mass is 16.2. The van der Waals surface area contributed by atoms with Gasteiger partial charge >= 0.3 is 0 Å². The Balaban J connectivity index is 1.39. The largest absolute Gasteiger partial charge is 0.372 e. The molecule has 7 heteroatoms. The number of benzene rings is 1. The first kappa shape index (κ1) is 19.2. The zero-order chi connectivity index (χ0) is 20.1. The number of piperazine rings is 1. The minimum atomic E-state index is -0.0264. The highest BCUT2D eigenvalue weighted by Crippen LogP contribution is 2.23.